The van der Waals surface area contributed by atoms with Crippen LogP contribution < -0.4 is 16.8 Å². The van der Waals surface area contributed by atoms with Crippen LogP contribution in [0.15, 0.2) is 29.8 Å². The summed E-state index contributed by atoms with van der Waals surface area (Å²) >= 11 is 0. The largest absolute Gasteiger partial charge is 0.370 e. The van der Waals surface area contributed by atoms with Gasteiger partial charge in [0, 0.05) is 6.54 Å². The molecule has 2 aromatic heterocycles. The van der Waals surface area contributed by atoms with Crippen LogP contribution in [0, 0.1) is 0 Å². The van der Waals surface area contributed by atoms with Crippen LogP contribution in [0.3, 0.4) is 0 Å². The third kappa shape index (κ3) is 3.51. The van der Waals surface area contributed by atoms with Gasteiger partial charge < -0.3 is 21.8 Å². The van der Waals surface area contributed by atoms with Crippen molar-refractivity contribution in [3.63, 3.8) is 0 Å². The molecular weight excluding hydrogens is 260 g/mol. The van der Waals surface area contributed by atoms with Crippen molar-refractivity contribution in [3.05, 3.63) is 24.8 Å². The van der Waals surface area contributed by atoms with Crippen molar-refractivity contribution in [2.45, 2.75) is 6.42 Å². The Hall–Kier alpha value is -2.97. The molecule has 6 N–H and O–H groups in total. The number of guanidine groups is 1. The summed E-state index contributed by atoms with van der Waals surface area (Å²) < 4.78 is 0. The summed E-state index contributed by atoms with van der Waals surface area (Å²) in [5, 5.41) is 2.64. The van der Waals surface area contributed by atoms with Crippen molar-refractivity contribution >= 4 is 28.8 Å². The third-order valence-electron chi connectivity index (χ3n) is 2.32. The average Bonchev–Trinajstić information content (AvgIpc) is 2.87. The van der Waals surface area contributed by atoms with E-state index in [1.807, 2.05) is 0 Å². The molecule has 2 aromatic rings. The van der Waals surface area contributed by atoms with Crippen LogP contribution in [0.4, 0.5) is 5.82 Å². The molecule has 0 fully saturated rings. The van der Waals surface area contributed by atoms with Gasteiger partial charge in [0.1, 0.15) is 11.8 Å². The highest BCUT2D eigenvalue weighted by Gasteiger charge is 2.07. The average molecular weight is 274 g/mol. The zero-order valence-electron chi connectivity index (χ0n) is 10.6. The van der Waals surface area contributed by atoms with Crippen LogP contribution in [0.25, 0.3) is 11.2 Å². The number of carbonyl (C=O) groups is 1. The van der Waals surface area contributed by atoms with Crippen LogP contribution in [-0.4, -0.2) is 38.3 Å². The number of imidazole rings is 1. The Morgan fingerprint density at radius 1 is 1.40 bits per heavy atom. The van der Waals surface area contributed by atoms with Gasteiger partial charge in [-0.25, -0.2) is 15.0 Å². The number of H-pyrrole nitrogens is 1. The highest BCUT2D eigenvalue weighted by molar-refractivity contribution is 6.02. The maximum absolute atomic E-state index is 11.7. The molecule has 0 unspecified atom stereocenters. The number of nitrogens with one attached hydrogen (secondary N) is 2. The van der Waals surface area contributed by atoms with Gasteiger partial charge in [0.15, 0.2) is 17.4 Å². The van der Waals surface area contributed by atoms with E-state index in [-0.39, 0.29) is 11.9 Å². The fourth-order valence-electron chi connectivity index (χ4n) is 1.48. The number of fused-ring (bicyclic) bond motifs is 1. The molecule has 0 aliphatic rings. The molecular formula is C11H14N8O. The number of aromatic amines is 1. The van der Waals surface area contributed by atoms with Crippen molar-refractivity contribution in [1.82, 2.24) is 19.9 Å². The summed E-state index contributed by atoms with van der Waals surface area (Å²) in [5.74, 6) is 0.112. The Kier molecular flexibility index (Phi) is 4.22. The maximum Gasteiger partial charge on any atom is 0.249 e. The maximum atomic E-state index is 11.7. The van der Waals surface area contributed by atoms with E-state index in [4.69, 9.17) is 11.5 Å². The van der Waals surface area contributed by atoms with Crippen molar-refractivity contribution in [2.75, 3.05) is 11.9 Å². The lowest BCUT2D eigenvalue weighted by Gasteiger charge is -2.01. The third-order valence-corrected chi connectivity index (χ3v) is 2.32. The van der Waals surface area contributed by atoms with E-state index in [9.17, 15) is 4.79 Å². The lowest BCUT2D eigenvalue weighted by Crippen LogP contribution is -2.22. The summed E-state index contributed by atoms with van der Waals surface area (Å²) in [6.45, 7) is 0.435. The zero-order valence-corrected chi connectivity index (χ0v) is 10.6. The van der Waals surface area contributed by atoms with E-state index in [0.717, 1.165) is 0 Å². The van der Waals surface area contributed by atoms with Crippen molar-refractivity contribution in [1.29, 1.82) is 0 Å². The van der Waals surface area contributed by atoms with Gasteiger partial charge in [0.25, 0.3) is 0 Å². The van der Waals surface area contributed by atoms with Gasteiger partial charge in [0.05, 0.1) is 6.33 Å². The van der Waals surface area contributed by atoms with Gasteiger partial charge in [-0.2, -0.15) is 0 Å². The van der Waals surface area contributed by atoms with Crippen molar-refractivity contribution in [3.8, 4) is 0 Å². The number of hydrogen-bond acceptors (Lipinski definition) is 5. The van der Waals surface area contributed by atoms with E-state index in [2.05, 4.69) is 30.2 Å². The molecule has 0 saturated carbocycles. The fourth-order valence-corrected chi connectivity index (χ4v) is 1.48. The number of aromatic nitrogens is 4. The lowest BCUT2D eigenvalue weighted by atomic mass is 10.3. The number of rotatable bonds is 5. The molecule has 0 radical (unpaired) electrons. The number of aliphatic imine (C=N–C) groups is 1. The first-order chi connectivity index (χ1) is 9.66. The number of anilines is 1. The van der Waals surface area contributed by atoms with Crippen LogP contribution in [-0.2, 0) is 4.79 Å². The second-order valence-corrected chi connectivity index (χ2v) is 3.81. The number of carbonyl (C=O) groups excluding carboxylic acids is 1. The molecule has 2 rings (SSSR count). The molecule has 2 heterocycles. The zero-order chi connectivity index (χ0) is 14.4. The Bertz CT molecular complexity index is 655. The summed E-state index contributed by atoms with van der Waals surface area (Å²) in [6.07, 6.45) is 6.45. The van der Waals surface area contributed by atoms with Crippen LogP contribution in [0.1, 0.15) is 6.42 Å². The topological polar surface area (TPSA) is 148 Å². The number of nitrogens with zero attached hydrogens (tertiary/aromatic N) is 4. The van der Waals surface area contributed by atoms with Gasteiger partial charge in [-0.05, 0) is 12.5 Å². The molecule has 0 spiro atoms. The monoisotopic (exact) mass is 274 g/mol. The molecule has 9 heteroatoms. The second kappa shape index (κ2) is 6.27. The molecule has 0 aliphatic heterocycles. The summed E-state index contributed by atoms with van der Waals surface area (Å²) in [5.41, 5.74) is 11.4. The smallest absolute Gasteiger partial charge is 0.249 e. The number of hydrogen-bond donors (Lipinski definition) is 4. The van der Waals surface area contributed by atoms with Gasteiger partial charge in [-0.15, -0.1) is 0 Å². The summed E-state index contributed by atoms with van der Waals surface area (Å²) in [4.78, 5) is 30.3. The molecule has 0 aromatic carbocycles. The highest BCUT2D eigenvalue weighted by Crippen LogP contribution is 2.13. The first-order valence-electron chi connectivity index (χ1n) is 5.84. The first-order valence-corrected chi connectivity index (χ1v) is 5.84. The first kappa shape index (κ1) is 13.5. The Balaban J connectivity index is 1.93. The molecule has 20 heavy (non-hydrogen) atoms. The predicted molar refractivity (Wildman–Crippen MR) is 74.7 cm³/mol. The molecule has 0 saturated heterocycles. The van der Waals surface area contributed by atoms with E-state index >= 15 is 0 Å². The van der Waals surface area contributed by atoms with E-state index < -0.39 is 0 Å². The predicted octanol–water partition coefficient (Wildman–Crippen LogP) is -0.489. The van der Waals surface area contributed by atoms with E-state index in [0.29, 0.717) is 29.9 Å². The van der Waals surface area contributed by atoms with Crippen LogP contribution >= 0.6 is 0 Å². The Morgan fingerprint density at radius 3 is 3.05 bits per heavy atom. The minimum Gasteiger partial charge on any atom is -0.370 e. The van der Waals surface area contributed by atoms with E-state index in [1.165, 1.54) is 18.7 Å². The van der Waals surface area contributed by atoms with E-state index in [1.54, 1.807) is 6.08 Å². The quantitative estimate of drug-likeness (QED) is 0.250. The van der Waals surface area contributed by atoms with Crippen molar-refractivity contribution in [2.24, 2.45) is 16.5 Å². The van der Waals surface area contributed by atoms with Crippen LogP contribution in [0.5, 0.6) is 0 Å². The lowest BCUT2D eigenvalue weighted by molar-refractivity contribution is -0.111. The Labute approximate surface area is 114 Å². The molecule has 9 nitrogen and oxygen atoms in total. The molecule has 104 valence electrons. The fraction of sp³-hybridized carbons (Fsp3) is 0.182. The van der Waals surface area contributed by atoms with Gasteiger partial charge in [-0.3, -0.25) is 9.79 Å². The van der Waals surface area contributed by atoms with Gasteiger partial charge >= 0.3 is 0 Å². The molecule has 0 aliphatic carbocycles. The minimum atomic E-state index is -0.302. The van der Waals surface area contributed by atoms with Gasteiger partial charge in [0.2, 0.25) is 5.91 Å². The summed E-state index contributed by atoms with van der Waals surface area (Å²) in [7, 11) is 0. The number of amides is 1. The minimum absolute atomic E-state index is 0.0328. The van der Waals surface area contributed by atoms with Crippen molar-refractivity contribution < 1.29 is 4.79 Å². The number of nitrogens with two attached hydrogens (primary N) is 2. The van der Waals surface area contributed by atoms with Gasteiger partial charge in [-0.1, -0.05) is 6.08 Å². The molecule has 0 atom stereocenters. The molecule has 0 bridgehead atoms. The summed E-state index contributed by atoms with van der Waals surface area (Å²) in [6, 6.07) is 0. The normalized spacial score (nSPS) is 10.8. The highest BCUT2D eigenvalue weighted by atomic mass is 16.1. The SMILES string of the molecule is NC(N)=NCC/C=C/C(=O)Nc1ncnc2nc[nH]c12. The standard InChI is InChI=1S/C11H14N8O/c12-11(13)14-4-2-1-3-7(20)19-10-8-9(16-5-15-8)17-6-18-10/h1,3,5-6H,2,4H2,(H4,12,13,14)(H2,15,16,17,18,19,20)/b3-1+. The second-order valence-electron chi connectivity index (χ2n) is 3.81. The Morgan fingerprint density at radius 2 is 2.25 bits per heavy atom. The van der Waals surface area contributed by atoms with Crippen LogP contribution in [0.2, 0.25) is 0 Å². The molecule has 1 amide bonds.